The molecule has 2 aliphatic carbocycles. The number of sulfone groups is 1. The Balaban J connectivity index is 1.47. The van der Waals surface area contributed by atoms with E-state index in [0.29, 0.717) is 15.1 Å². The number of hydrogen-bond donors (Lipinski definition) is 3. The van der Waals surface area contributed by atoms with Crippen LogP contribution in [0.1, 0.15) is 66.1 Å². The zero-order valence-electron chi connectivity index (χ0n) is 35.5. The number of pyridine rings is 1. The lowest BCUT2D eigenvalue weighted by atomic mass is 9.93. The maximum atomic E-state index is 15.5. The van der Waals surface area contributed by atoms with Crippen LogP contribution in [0.2, 0.25) is 5.02 Å². The molecule has 68 heavy (non-hydrogen) atoms. The van der Waals surface area contributed by atoms with E-state index in [4.69, 9.17) is 11.6 Å². The van der Waals surface area contributed by atoms with E-state index >= 15 is 8.78 Å². The van der Waals surface area contributed by atoms with Crippen molar-refractivity contribution in [1.29, 1.82) is 0 Å². The first kappa shape index (κ1) is 50.1. The quantitative estimate of drug-likeness (QED) is 0.0637. The van der Waals surface area contributed by atoms with Crippen LogP contribution in [0.4, 0.5) is 49.7 Å². The molecule has 27 heteroatoms. The molecule has 2 unspecified atom stereocenters. The number of carbonyl (C=O) groups excluding carboxylic acids is 2. The molecule has 0 radical (unpaired) electrons. The number of likely N-dealkylation sites (N-methyl/N-ethyl adjacent to an activating group) is 1. The standard InChI is InChI=1S/C41H35ClF10N8O6S2/c1-38(2,68(4,65)66)10-9-22-5-6-23(24-7-8-27(42)32-34(24)59(18-39(45,46)47)57-37(32)60(67(63)64)17-29(61)53-3)33(54-22)28(13-19-11-20(43)14-21(44)12-19)55-30(62)16-58-36-31(35(56-58)41(50,51)52)25-15-26(25)40(36,48)49/h5-8,11-12,14,25-26,28H,13,15-18H2,1-4H3,(H,53,61)(H,55,62)(H,63,64)/t25-,26+,28?/m0/s1. The Labute approximate surface area is 386 Å². The summed E-state index contributed by atoms with van der Waals surface area (Å²) in [4.78, 5) is 31.1. The molecule has 0 bridgehead atoms. The van der Waals surface area contributed by atoms with Crippen LogP contribution in [0.3, 0.4) is 0 Å². The summed E-state index contributed by atoms with van der Waals surface area (Å²) in [6.45, 7) is -1.60. The number of fused-ring (bicyclic) bond motifs is 4. The molecule has 1 fully saturated rings. The van der Waals surface area contributed by atoms with E-state index < -0.39 is 151 Å². The van der Waals surface area contributed by atoms with Gasteiger partial charge in [-0.1, -0.05) is 23.6 Å². The number of nitrogens with one attached hydrogen (secondary N) is 2. The highest BCUT2D eigenvalue weighted by molar-refractivity contribution is 7.92. The van der Waals surface area contributed by atoms with Gasteiger partial charge in [-0.25, -0.2) is 30.7 Å². The summed E-state index contributed by atoms with van der Waals surface area (Å²) < 4.78 is 193. The van der Waals surface area contributed by atoms with E-state index in [-0.39, 0.29) is 38.5 Å². The van der Waals surface area contributed by atoms with E-state index in [0.717, 1.165) is 30.5 Å². The van der Waals surface area contributed by atoms with Crippen molar-refractivity contribution < 1.29 is 70.7 Å². The second-order valence-corrected chi connectivity index (χ2v) is 20.3. The van der Waals surface area contributed by atoms with Gasteiger partial charge in [-0.2, -0.15) is 45.3 Å². The summed E-state index contributed by atoms with van der Waals surface area (Å²) in [5.74, 6) is -6.50. The van der Waals surface area contributed by atoms with Crippen LogP contribution in [0, 0.1) is 29.4 Å². The van der Waals surface area contributed by atoms with Gasteiger partial charge in [-0.15, -0.1) is 0 Å². The molecule has 2 aromatic carbocycles. The number of alkyl halides is 8. The van der Waals surface area contributed by atoms with Crippen LogP contribution in [0.15, 0.2) is 42.5 Å². The van der Waals surface area contributed by atoms with Crippen molar-refractivity contribution in [3.63, 3.8) is 0 Å². The highest BCUT2D eigenvalue weighted by atomic mass is 35.5. The maximum absolute atomic E-state index is 15.5. The molecule has 2 aliphatic rings. The summed E-state index contributed by atoms with van der Waals surface area (Å²) in [5, 5.41) is 11.2. The smallest absolute Gasteiger partial charge is 0.358 e. The predicted octanol–water partition coefficient (Wildman–Crippen LogP) is 6.98. The zero-order chi connectivity index (χ0) is 50.2. The molecule has 14 nitrogen and oxygen atoms in total. The minimum absolute atomic E-state index is 0.206. The lowest BCUT2D eigenvalue weighted by molar-refractivity contribution is -0.143. The number of amides is 2. The molecule has 5 aromatic rings. The highest BCUT2D eigenvalue weighted by Crippen LogP contribution is 2.68. The summed E-state index contributed by atoms with van der Waals surface area (Å²) in [5.41, 5.74) is -5.48. The van der Waals surface area contributed by atoms with Gasteiger partial charge in [0.05, 0.1) is 27.7 Å². The summed E-state index contributed by atoms with van der Waals surface area (Å²) in [6, 6.07) is 5.04. The lowest BCUT2D eigenvalue weighted by Gasteiger charge is -2.23. The maximum Gasteiger partial charge on any atom is 0.435 e. The molecule has 7 rings (SSSR count). The van der Waals surface area contributed by atoms with E-state index in [1.807, 2.05) is 0 Å². The lowest BCUT2D eigenvalue weighted by Crippen LogP contribution is -2.37. The van der Waals surface area contributed by atoms with Crippen LogP contribution >= 0.6 is 11.6 Å². The van der Waals surface area contributed by atoms with Gasteiger partial charge < -0.3 is 10.6 Å². The minimum atomic E-state index is -5.20. The number of benzene rings is 2. The summed E-state index contributed by atoms with van der Waals surface area (Å²) in [6.07, 6.45) is -10.3. The van der Waals surface area contributed by atoms with Gasteiger partial charge in [0.2, 0.25) is 11.8 Å². The van der Waals surface area contributed by atoms with Crippen molar-refractivity contribution in [3.05, 3.63) is 93.0 Å². The number of hydrogen-bond acceptors (Lipinski definition) is 8. The summed E-state index contributed by atoms with van der Waals surface area (Å²) in [7, 11) is -2.71. The Bertz CT molecular complexity index is 3070. The van der Waals surface area contributed by atoms with Gasteiger partial charge in [-0.05, 0) is 74.4 Å². The van der Waals surface area contributed by atoms with Crippen molar-refractivity contribution in [2.45, 2.75) is 74.8 Å². The van der Waals surface area contributed by atoms with Crippen LogP contribution < -0.4 is 14.9 Å². The Morgan fingerprint density at radius 3 is 2.25 bits per heavy atom. The Kier molecular flexibility index (Phi) is 13.0. The second kappa shape index (κ2) is 17.6. The van der Waals surface area contributed by atoms with E-state index in [9.17, 15) is 61.9 Å². The molecule has 0 spiro atoms. The monoisotopic (exact) mass is 1020 g/mol. The molecule has 3 N–H and O–H groups in total. The molecule has 2 amide bonds. The van der Waals surface area contributed by atoms with E-state index in [1.165, 1.54) is 33.0 Å². The molecular weight excluding hydrogens is 990 g/mol. The number of halogens is 11. The van der Waals surface area contributed by atoms with Crippen LogP contribution in [-0.4, -0.2) is 84.3 Å². The fourth-order valence-electron chi connectivity index (χ4n) is 7.85. The first-order chi connectivity index (χ1) is 31.4. The van der Waals surface area contributed by atoms with Crippen molar-refractivity contribution in [2.24, 2.45) is 5.92 Å². The number of rotatable bonds is 13. The fourth-order valence-corrected chi connectivity index (χ4v) is 8.82. The minimum Gasteiger partial charge on any atom is -0.358 e. The van der Waals surface area contributed by atoms with Crippen LogP contribution in [0.25, 0.3) is 22.0 Å². The van der Waals surface area contributed by atoms with Gasteiger partial charge in [0.15, 0.2) is 21.3 Å². The average molecular weight is 1030 g/mol. The molecule has 4 atom stereocenters. The molecule has 0 saturated heterocycles. The third-order valence-electron chi connectivity index (χ3n) is 11.3. The summed E-state index contributed by atoms with van der Waals surface area (Å²) >= 11 is 3.44. The third-order valence-corrected chi connectivity index (χ3v) is 14.2. The molecule has 3 heterocycles. The van der Waals surface area contributed by atoms with Gasteiger partial charge in [0, 0.05) is 42.0 Å². The topological polar surface area (TPSA) is 181 Å². The van der Waals surface area contributed by atoms with Gasteiger partial charge in [0.1, 0.15) is 47.4 Å². The van der Waals surface area contributed by atoms with Crippen molar-refractivity contribution in [2.75, 3.05) is 24.2 Å². The molecule has 3 aromatic heterocycles. The second-order valence-electron chi connectivity index (χ2n) is 16.5. The Morgan fingerprint density at radius 1 is 1.01 bits per heavy atom. The first-order valence-corrected chi connectivity index (χ1v) is 23.1. The Hall–Kier alpha value is -5.78. The number of nitrogens with zero attached hydrogens (tertiary/aromatic N) is 6. The largest absolute Gasteiger partial charge is 0.435 e. The Morgan fingerprint density at radius 2 is 1.66 bits per heavy atom. The van der Waals surface area contributed by atoms with E-state index in [2.05, 4.69) is 37.7 Å². The third kappa shape index (κ3) is 9.88. The number of aromatic nitrogens is 5. The molecule has 0 aliphatic heterocycles. The van der Waals surface area contributed by atoms with Crippen molar-refractivity contribution in [3.8, 4) is 23.0 Å². The van der Waals surface area contributed by atoms with Crippen LogP contribution in [0.5, 0.6) is 0 Å². The molecule has 364 valence electrons. The van der Waals surface area contributed by atoms with Gasteiger partial charge in [-0.3, -0.25) is 23.5 Å². The number of anilines is 1. The fraction of sp³-hybridized carbons (Fsp3) is 0.390. The first-order valence-electron chi connectivity index (χ1n) is 19.8. The average Bonchev–Trinajstić information content (AvgIpc) is 3.72. The van der Waals surface area contributed by atoms with Gasteiger partial charge in [0.25, 0.3) is 17.2 Å². The highest BCUT2D eigenvalue weighted by Gasteiger charge is 2.68. The molecule has 1 saturated carbocycles. The van der Waals surface area contributed by atoms with Gasteiger partial charge >= 0.3 is 12.4 Å². The van der Waals surface area contributed by atoms with E-state index in [1.54, 1.807) is 0 Å². The normalized spacial score (nSPS) is 17.5. The molecular formula is C41H35ClF10N8O6S2. The van der Waals surface area contributed by atoms with Crippen molar-refractivity contribution in [1.82, 2.24) is 35.2 Å². The number of carbonyl (C=O) groups is 2. The zero-order valence-corrected chi connectivity index (χ0v) is 37.8. The van der Waals surface area contributed by atoms with Crippen molar-refractivity contribution >= 4 is 61.2 Å². The SMILES string of the molecule is CNC(=O)CN(c1nn(CC(F)(F)F)c2c(-c3ccc(C#CC(C)(C)S(C)(=O)=O)nc3C(Cc3cc(F)cc(F)c3)NC(=O)Cn3nc(C(F)(F)F)c4c3C(F)(F)[C@@H]3C[C@H]43)ccc(Cl)c12)S(=O)O. The predicted molar refractivity (Wildman–Crippen MR) is 225 cm³/mol. The van der Waals surface area contributed by atoms with Crippen LogP contribution in [-0.2, 0) is 62.3 Å².